The number of thiophene rings is 1. The van der Waals surface area contributed by atoms with Crippen LogP contribution in [0.15, 0.2) is 17.5 Å². The van der Waals surface area contributed by atoms with Crippen molar-refractivity contribution in [1.82, 2.24) is 0 Å². The summed E-state index contributed by atoms with van der Waals surface area (Å²) >= 11 is 8.07. The molecule has 15 heavy (non-hydrogen) atoms. The van der Waals surface area contributed by atoms with Crippen LogP contribution in [0.4, 0.5) is 0 Å². The predicted molar refractivity (Wildman–Crippen MR) is 70.9 cm³/mol. The Hall–Kier alpha value is -0.0100. The van der Waals surface area contributed by atoms with Gasteiger partial charge in [0.1, 0.15) is 0 Å². The molecule has 0 amide bonds. The minimum absolute atomic E-state index is 0.246. The smallest absolute Gasteiger partial charge is 0.0678 e. The highest BCUT2D eigenvalue weighted by Crippen LogP contribution is 2.29. The van der Waals surface area contributed by atoms with E-state index in [2.05, 4.69) is 24.4 Å². The highest BCUT2D eigenvalue weighted by Gasteiger charge is 2.07. The lowest BCUT2D eigenvalue weighted by atomic mass is 10.1. The summed E-state index contributed by atoms with van der Waals surface area (Å²) in [6.07, 6.45) is 9.23. The van der Waals surface area contributed by atoms with Crippen LogP contribution in [0.5, 0.6) is 0 Å². The van der Waals surface area contributed by atoms with Crippen molar-refractivity contribution >= 4 is 22.9 Å². The van der Waals surface area contributed by atoms with Crippen molar-refractivity contribution in [3.63, 3.8) is 0 Å². The van der Waals surface area contributed by atoms with E-state index in [9.17, 15) is 0 Å². The molecule has 0 spiro atoms. The summed E-state index contributed by atoms with van der Waals surface area (Å²) in [5.74, 6) is 0. The molecule has 2 heteroatoms. The number of halogens is 1. The molecule has 1 aromatic heterocycles. The normalized spacial score (nSPS) is 12.9. The third-order valence-corrected chi connectivity index (χ3v) is 4.23. The predicted octanol–water partition coefficient (Wildman–Crippen LogP) is 5.78. The van der Waals surface area contributed by atoms with E-state index in [1.165, 1.54) is 43.4 Å². The van der Waals surface area contributed by atoms with Crippen LogP contribution in [0.3, 0.4) is 0 Å². The Bertz CT molecular complexity index is 231. The van der Waals surface area contributed by atoms with Gasteiger partial charge in [-0.15, -0.1) is 22.9 Å². The molecule has 0 aliphatic heterocycles. The molecule has 0 bridgehead atoms. The number of hydrogen-bond donors (Lipinski definition) is 0. The average Bonchev–Trinajstić information content (AvgIpc) is 2.76. The highest BCUT2D eigenvalue weighted by atomic mass is 35.5. The summed E-state index contributed by atoms with van der Waals surface area (Å²) in [4.78, 5) is 1.32. The zero-order valence-corrected chi connectivity index (χ0v) is 11.1. The van der Waals surface area contributed by atoms with Gasteiger partial charge in [-0.05, 0) is 17.9 Å². The molecule has 0 radical (unpaired) electrons. The SMILES string of the molecule is CCCCCCCCC(Cl)c1cccs1. The minimum Gasteiger partial charge on any atom is -0.147 e. The molecule has 86 valence electrons. The molecule has 0 saturated heterocycles. The molecule has 1 unspecified atom stereocenters. The molecule has 0 aromatic carbocycles. The first kappa shape index (κ1) is 13.1. The molecule has 0 nitrogen and oxygen atoms in total. The molecule has 1 rings (SSSR count). The molecule has 0 fully saturated rings. The lowest BCUT2D eigenvalue weighted by Gasteiger charge is -2.06. The summed E-state index contributed by atoms with van der Waals surface area (Å²) in [6, 6.07) is 4.22. The molecule has 1 heterocycles. The summed E-state index contributed by atoms with van der Waals surface area (Å²) in [6.45, 7) is 2.26. The largest absolute Gasteiger partial charge is 0.147 e. The molecule has 1 atom stereocenters. The van der Waals surface area contributed by atoms with Crippen LogP contribution >= 0.6 is 22.9 Å². The second-order valence-corrected chi connectivity index (χ2v) is 5.55. The Labute approximate surface area is 103 Å². The summed E-state index contributed by atoms with van der Waals surface area (Å²) in [5.41, 5.74) is 0. The van der Waals surface area contributed by atoms with Gasteiger partial charge in [-0.3, -0.25) is 0 Å². The maximum Gasteiger partial charge on any atom is 0.0678 e. The monoisotopic (exact) mass is 244 g/mol. The molecule has 0 aliphatic carbocycles. The van der Waals surface area contributed by atoms with E-state index < -0.39 is 0 Å². The first-order chi connectivity index (χ1) is 7.34. The molecule has 0 N–H and O–H groups in total. The van der Waals surface area contributed by atoms with E-state index in [0.29, 0.717) is 0 Å². The zero-order chi connectivity index (χ0) is 10.9. The van der Waals surface area contributed by atoms with Crippen molar-refractivity contribution in [3.8, 4) is 0 Å². The molecule has 1 aromatic rings. The Balaban J connectivity index is 2.00. The Morgan fingerprint density at radius 3 is 2.60 bits per heavy atom. The summed E-state index contributed by atoms with van der Waals surface area (Å²) in [5, 5.41) is 2.35. The summed E-state index contributed by atoms with van der Waals surface area (Å²) < 4.78 is 0. The van der Waals surface area contributed by atoms with Crippen LogP contribution in [0.2, 0.25) is 0 Å². The highest BCUT2D eigenvalue weighted by molar-refractivity contribution is 7.10. The molecule has 0 aliphatic rings. The second-order valence-electron chi connectivity index (χ2n) is 4.04. The van der Waals surface area contributed by atoms with Crippen molar-refractivity contribution in [1.29, 1.82) is 0 Å². The lowest BCUT2D eigenvalue weighted by molar-refractivity contribution is 0.586. The van der Waals surface area contributed by atoms with Crippen molar-refractivity contribution in [2.24, 2.45) is 0 Å². The quantitative estimate of drug-likeness (QED) is 0.402. The second kappa shape index (κ2) is 8.18. The number of alkyl halides is 1. The standard InChI is InChI=1S/C13H21ClS/c1-2-3-4-5-6-7-9-12(14)13-10-8-11-15-13/h8,10-12H,2-7,9H2,1H3. The van der Waals surface area contributed by atoms with Crippen LogP contribution in [-0.4, -0.2) is 0 Å². The average molecular weight is 245 g/mol. The van der Waals surface area contributed by atoms with Gasteiger partial charge in [-0.1, -0.05) is 51.5 Å². The van der Waals surface area contributed by atoms with Crippen LogP contribution < -0.4 is 0 Å². The van der Waals surface area contributed by atoms with Gasteiger partial charge >= 0.3 is 0 Å². The van der Waals surface area contributed by atoms with E-state index in [4.69, 9.17) is 11.6 Å². The first-order valence-electron chi connectivity index (χ1n) is 6.02. The minimum atomic E-state index is 0.246. The van der Waals surface area contributed by atoms with Gasteiger partial charge in [-0.2, -0.15) is 0 Å². The van der Waals surface area contributed by atoms with Crippen molar-refractivity contribution in [2.75, 3.05) is 0 Å². The van der Waals surface area contributed by atoms with Crippen LogP contribution in [0.25, 0.3) is 0 Å². The number of unbranched alkanes of at least 4 members (excludes halogenated alkanes) is 5. The van der Waals surface area contributed by atoms with E-state index in [-0.39, 0.29) is 5.38 Å². The maximum atomic E-state index is 6.30. The van der Waals surface area contributed by atoms with Gasteiger partial charge in [0, 0.05) is 4.88 Å². The van der Waals surface area contributed by atoms with Crippen molar-refractivity contribution < 1.29 is 0 Å². The van der Waals surface area contributed by atoms with E-state index >= 15 is 0 Å². The lowest BCUT2D eigenvalue weighted by Crippen LogP contribution is -1.87. The topological polar surface area (TPSA) is 0 Å². The van der Waals surface area contributed by atoms with E-state index in [0.717, 1.165) is 6.42 Å². The Kier molecular flexibility index (Phi) is 7.12. The van der Waals surface area contributed by atoms with Crippen molar-refractivity contribution in [3.05, 3.63) is 22.4 Å². The van der Waals surface area contributed by atoms with Gasteiger partial charge in [-0.25, -0.2) is 0 Å². The van der Waals surface area contributed by atoms with Gasteiger partial charge in [0.05, 0.1) is 5.38 Å². The van der Waals surface area contributed by atoms with Crippen LogP contribution in [0, 0.1) is 0 Å². The molecular formula is C13H21ClS. The van der Waals surface area contributed by atoms with Gasteiger partial charge in [0.25, 0.3) is 0 Å². The first-order valence-corrected chi connectivity index (χ1v) is 7.33. The van der Waals surface area contributed by atoms with Gasteiger partial charge in [0.15, 0.2) is 0 Å². The third kappa shape index (κ3) is 5.58. The van der Waals surface area contributed by atoms with Crippen LogP contribution in [0.1, 0.15) is 62.1 Å². The van der Waals surface area contributed by atoms with Crippen LogP contribution in [-0.2, 0) is 0 Å². The fraction of sp³-hybridized carbons (Fsp3) is 0.692. The van der Waals surface area contributed by atoms with Crippen molar-refractivity contribution in [2.45, 2.75) is 57.2 Å². The zero-order valence-electron chi connectivity index (χ0n) is 9.55. The molecule has 0 saturated carbocycles. The van der Waals surface area contributed by atoms with Gasteiger partial charge in [0.2, 0.25) is 0 Å². The fourth-order valence-corrected chi connectivity index (χ4v) is 2.83. The molecular weight excluding hydrogens is 224 g/mol. The maximum absolute atomic E-state index is 6.30. The van der Waals surface area contributed by atoms with E-state index in [1.807, 2.05) is 0 Å². The Morgan fingerprint density at radius 1 is 1.20 bits per heavy atom. The number of hydrogen-bond acceptors (Lipinski definition) is 1. The fourth-order valence-electron chi connectivity index (χ4n) is 1.72. The third-order valence-electron chi connectivity index (χ3n) is 2.66. The summed E-state index contributed by atoms with van der Waals surface area (Å²) in [7, 11) is 0. The Morgan fingerprint density at radius 2 is 1.93 bits per heavy atom. The number of rotatable bonds is 8. The van der Waals surface area contributed by atoms with Gasteiger partial charge < -0.3 is 0 Å². The van der Waals surface area contributed by atoms with E-state index in [1.54, 1.807) is 11.3 Å².